The van der Waals surface area contributed by atoms with Crippen LogP contribution in [0, 0.1) is 0 Å². The van der Waals surface area contributed by atoms with Crippen molar-refractivity contribution in [2.75, 3.05) is 13.2 Å². The highest BCUT2D eigenvalue weighted by Crippen LogP contribution is 2.27. The lowest BCUT2D eigenvalue weighted by Crippen LogP contribution is -2.43. The summed E-state index contributed by atoms with van der Waals surface area (Å²) in [6.45, 7) is 10.8. The minimum Gasteiger partial charge on any atom is -0.482 e. The van der Waals surface area contributed by atoms with Gasteiger partial charge in [0.25, 0.3) is 5.91 Å². The molecule has 0 heterocycles. The van der Waals surface area contributed by atoms with E-state index >= 15 is 0 Å². The number of ether oxygens (including phenoxy) is 1. The minimum absolute atomic E-state index is 0.0426. The molecular formula is C16H25ClN2O2. The predicted molar refractivity (Wildman–Crippen MR) is 86.9 cm³/mol. The van der Waals surface area contributed by atoms with E-state index in [1.165, 1.54) is 0 Å². The Morgan fingerprint density at radius 2 is 2.05 bits per heavy atom. The van der Waals surface area contributed by atoms with Gasteiger partial charge in [0.1, 0.15) is 5.75 Å². The van der Waals surface area contributed by atoms with Crippen molar-refractivity contribution in [3.63, 3.8) is 0 Å². The Morgan fingerprint density at radius 3 is 2.57 bits per heavy atom. The number of benzene rings is 1. The number of carbonyl (C=O) groups is 1. The molecular weight excluding hydrogens is 288 g/mol. The van der Waals surface area contributed by atoms with E-state index in [2.05, 4.69) is 24.5 Å². The summed E-state index contributed by atoms with van der Waals surface area (Å²) in [7, 11) is 0. The van der Waals surface area contributed by atoms with Gasteiger partial charge in [-0.15, -0.1) is 0 Å². The molecule has 1 aromatic carbocycles. The standard InChI is InChI=1S/C16H25ClN2O2/c1-6-18-11(2)12-7-8-14(13(17)9-12)21-10-15(20)19-16(3,4)5/h7-9,11,18H,6,10H2,1-5H3,(H,19,20). The fourth-order valence-corrected chi connectivity index (χ4v) is 2.17. The van der Waals surface area contributed by atoms with Crippen molar-refractivity contribution in [1.82, 2.24) is 10.6 Å². The quantitative estimate of drug-likeness (QED) is 0.847. The molecule has 1 atom stereocenters. The highest BCUT2D eigenvalue weighted by atomic mass is 35.5. The van der Waals surface area contributed by atoms with E-state index in [1.807, 2.05) is 32.9 Å². The van der Waals surface area contributed by atoms with Crippen molar-refractivity contribution in [1.29, 1.82) is 0 Å². The first-order chi connectivity index (χ1) is 9.73. The van der Waals surface area contributed by atoms with E-state index in [-0.39, 0.29) is 24.1 Å². The van der Waals surface area contributed by atoms with Crippen molar-refractivity contribution >= 4 is 17.5 Å². The highest BCUT2D eigenvalue weighted by molar-refractivity contribution is 6.32. The minimum atomic E-state index is -0.269. The number of rotatable bonds is 6. The second-order valence-corrected chi connectivity index (χ2v) is 6.46. The molecule has 21 heavy (non-hydrogen) atoms. The van der Waals surface area contributed by atoms with Crippen LogP contribution in [-0.2, 0) is 4.79 Å². The zero-order chi connectivity index (χ0) is 16.0. The van der Waals surface area contributed by atoms with E-state index in [0.29, 0.717) is 10.8 Å². The average molecular weight is 313 g/mol. The first kappa shape index (κ1) is 17.8. The van der Waals surface area contributed by atoms with Crippen LogP contribution >= 0.6 is 11.6 Å². The number of nitrogens with one attached hydrogen (secondary N) is 2. The molecule has 2 N–H and O–H groups in total. The maximum atomic E-state index is 11.7. The highest BCUT2D eigenvalue weighted by Gasteiger charge is 2.15. The molecule has 0 aliphatic rings. The van der Waals surface area contributed by atoms with Crippen LogP contribution in [0.3, 0.4) is 0 Å². The summed E-state index contributed by atoms with van der Waals surface area (Å²) in [5.41, 5.74) is 0.823. The molecule has 1 unspecified atom stereocenters. The van der Waals surface area contributed by atoms with Crippen LogP contribution in [0.2, 0.25) is 5.02 Å². The third-order valence-electron chi connectivity index (χ3n) is 2.84. The Hall–Kier alpha value is -1.26. The fraction of sp³-hybridized carbons (Fsp3) is 0.562. The lowest BCUT2D eigenvalue weighted by atomic mass is 10.1. The molecule has 0 saturated carbocycles. The van der Waals surface area contributed by atoms with Gasteiger partial charge in [-0.3, -0.25) is 4.79 Å². The van der Waals surface area contributed by atoms with Gasteiger partial charge in [0.2, 0.25) is 0 Å². The molecule has 0 fully saturated rings. The van der Waals surface area contributed by atoms with Gasteiger partial charge in [-0.05, 0) is 51.9 Å². The first-order valence-electron chi connectivity index (χ1n) is 7.19. The van der Waals surface area contributed by atoms with Gasteiger partial charge in [0.05, 0.1) is 5.02 Å². The van der Waals surface area contributed by atoms with E-state index in [4.69, 9.17) is 16.3 Å². The van der Waals surface area contributed by atoms with E-state index in [1.54, 1.807) is 6.07 Å². The van der Waals surface area contributed by atoms with E-state index < -0.39 is 0 Å². The second-order valence-electron chi connectivity index (χ2n) is 6.06. The average Bonchev–Trinajstić information content (AvgIpc) is 2.35. The maximum absolute atomic E-state index is 11.7. The summed E-state index contributed by atoms with van der Waals surface area (Å²) in [6.07, 6.45) is 0. The Labute approximate surface area is 132 Å². The molecule has 5 heteroatoms. The van der Waals surface area contributed by atoms with Crippen LogP contribution < -0.4 is 15.4 Å². The summed E-state index contributed by atoms with van der Waals surface area (Å²) in [6, 6.07) is 5.85. The molecule has 1 aromatic rings. The Bertz CT molecular complexity index is 484. The van der Waals surface area contributed by atoms with Crippen LogP contribution in [0.5, 0.6) is 5.75 Å². The summed E-state index contributed by atoms with van der Waals surface area (Å²) < 4.78 is 5.47. The molecule has 0 spiro atoms. The normalized spacial score (nSPS) is 12.9. The molecule has 0 radical (unpaired) electrons. The van der Waals surface area contributed by atoms with E-state index in [0.717, 1.165) is 12.1 Å². The molecule has 0 aromatic heterocycles. The van der Waals surface area contributed by atoms with Crippen LogP contribution in [0.1, 0.15) is 46.2 Å². The molecule has 0 bridgehead atoms. The van der Waals surface area contributed by atoms with Crippen LogP contribution in [-0.4, -0.2) is 24.6 Å². The molecule has 0 saturated heterocycles. The van der Waals surface area contributed by atoms with Gasteiger partial charge >= 0.3 is 0 Å². The van der Waals surface area contributed by atoms with Crippen LogP contribution in [0.15, 0.2) is 18.2 Å². The zero-order valence-corrected chi connectivity index (χ0v) is 14.2. The smallest absolute Gasteiger partial charge is 0.258 e. The second kappa shape index (κ2) is 7.66. The third kappa shape index (κ3) is 6.36. The van der Waals surface area contributed by atoms with Crippen molar-refractivity contribution < 1.29 is 9.53 Å². The fourth-order valence-electron chi connectivity index (χ4n) is 1.93. The van der Waals surface area contributed by atoms with Gasteiger partial charge < -0.3 is 15.4 Å². The number of hydrogen-bond donors (Lipinski definition) is 2. The summed E-state index contributed by atoms with van der Waals surface area (Å²) in [5.74, 6) is 0.358. The van der Waals surface area contributed by atoms with Gasteiger partial charge in [0.15, 0.2) is 6.61 Å². The molecule has 118 valence electrons. The molecule has 4 nitrogen and oxygen atoms in total. The number of amides is 1. The van der Waals surface area contributed by atoms with Crippen molar-refractivity contribution in [3.05, 3.63) is 28.8 Å². The van der Waals surface area contributed by atoms with Crippen LogP contribution in [0.4, 0.5) is 0 Å². The summed E-state index contributed by atoms with van der Waals surface area (Å²) in [5, 5.41) is 6.67. The summed E-state index contributed by atoms with van der Waals surface area (Å²) >= 11 is 6.21. The lowest BCUT2D eigenvalue weighted by molar-refractivity contribution is -0.124. The van der Waals surface area contributed by atoms with E-state index in [9.17, 15) is 4.79 Å². The topological polar surface area (TPSA) is 50.4 Å². The SMILES string of the molecule is CCNC(C)c1ccc(OCC(=O)NC(C)(C)C)c(Cl)c1. The molecule has 1 rings (SSSR count). The number of hydrogen-bond acceptors (Lipinski definition) is 3. The maximum Gasteiger partial charge on any atom is 0.258 e. The molecule has 1 amide bonds. The van der Waals surface area contributed by atoms with Crippen LogP contribution in [0.25, 0.3) is 0 Å². The molecule has 0 aliphatic carbocycles. The largest absolute Gasteiger partial charge is 0.482 e. The number of halogens is 1. The number of carbonyl (C=O) groups excluding carboxylic acids is 1. The van der Waals surface area contributed by atoms with Crippen molar-refractivity contribution in [2.45, 2.75) is 46.2 Å². The lowest BCUT2D eigenvalue weighted by Gasteiger charge is -2.20. The summed E-state index contributed by atoms with van der Waals surface area (Å²) in [4.78, 5) is 11.7. The van der Waals surface area contributed by atoms with Crippen molar-refractivity contribution in [3.8, 4) is 5.75 Å². The Morgan fingerprint density at radius 1 is 1.38 bits per heavy atom. The Balaban J connectivity index is 2.63. The Kier molecular flexibility index (Phi) is 6.49. The zero-order valence-electron chi connectivity index (χ0n) is 13.4. The first-order valence-corrected chi connectivity index (χ1v) is 7.57. The monoisotopic (exact) mass is 312 g/mol. The third-order valence-corrected chi connectivity index (χ3v) is 3.13. The van der Waals surface area contributed by atoms with Gasteiger partial charge in [-0.25, -0.2) is 0 Å². The van der Waals surface area contributed by atoms with Crippen molar-refractivity contribution in [2.24, 2.45) is 0 Å². The molecule has 0 aliphatic heterocycles. The van der Waals surface area contributed by atoms with Gasteiger partial charge in [-0.1, -0.05) is 24.6 Å². The van der Waals surface area contributed by atoms with Gasteiger partial charge in [0, 0.05) is 11.6 Å². The van der Waals surface area contributed by atoms with Gasteiger partial charge in [-0.2, -0.15) is 0 Å². The predicted octanol–water partition coefficient (Wildman–Crippen LogP) is 3.30.